The predicted molar refractivity (Wildman–Crippen MR) is 122 cm³/mol. The molecule has 5 heterocycles. The minimum absolute atomic E-state index is 0.751. The molecule has 6 rings (SSSR count). The quantitative estimate of drug-likeness (QED) is 0.553. The SMILES string of the molecule is C1=NCc2cc(-c3cc(Nc4ccc(N5CCOCC5)cn4)c4nccn4c3)ccc21. The summed E-state index contributed by atoms with van der Waals surface area (Å²) < 4.78 is 7.48. The van der Waals surface area contributed by atoms with Crippen LogP contribution >= 0.6 is 0 Å². The number of anilines is 3. The van der Waals surface area contributed by atoms with Crippen molar-refractivity contribution in [3.63, 3.8) is 0 Å². The van der Waals surface area contributed by atoms with E-state index in [-0.39, 0.29) is 0 Å². The monoisotopic (exact) mass is 410 g/mol. The lowest BCUT2D eigenvalue weighted by Crippen LogP contribution is -2.36. The van der Waals surface area contributed by atoms with Crippen LogP contribution in [0.5, 0.6) is 0 Å². The number of aromatic nitrogens is 3. The Balaban J connectivity index is 1.32. The van der Waals surface area contributed by atoms with Crippen molar-refractivity contribution in [1.29, 1.82) is 0 Å². The molecule has 4 aromatic rings. The van der Waals surface area contributed by atoms with E-state index in [9.17, 15) is 0 Å². The van der Waals surface area contributed by atoms with Crippen LogP contribution < -0.4 is 10.2 Å². The first kappa shape index (κ1) is 18.1. The van der Waals surface area contributed by atoms with E-state index < -0.39 is 0 Å². The molecule has 0 spiro atoms. The van der Waals surface area contributed by atoms with Crippen molar-refractivity contribution in [2.75, 3.05) is 36.5 Å². The first-order valence-electron chi connectivity index (χ1n) is 10.5. The summed E-state index contributed by atoms with van der Waals surface area (Å²) in [7, 11) is 0. The maximum Gasteiger partial charge on any atom is 0.160 e. The predicted octanol–water partition coefficient (Wildman–Crippen LogP) is 3.91. The highest BCUT2D eigenvalue weighted by Gasteiger charge is 2.13. The topological polar surface area (TPSA) is 67.0 Å². The van der Waals surface area contributed by atoms with E-state index in [4.69, 9.17) is 4.74 Å². The molecule has 0 aliphatic carbocycles. The third-order valence-corrected chi connectivity index (χ3v) is 5.84. The Hall–Kier alpha value is -3.71. The van der Waals surface area contributed by atoms with Gasteiger partial charge >= 0.3 is 0 Å². The molecule has 7 heteroatoms. The third-order valence-electron chi connectivity index (χ3n) is 5.84. The average Bonchev–Trinajstić information content (AvgIpc) is 3.49. The highest BCUT2D eigenvalue weighted by molar-refractivity contribution is 5.86. The maximum atomic E-state index is 5.44. The Bertz CT molecular complexity index is 1270. The summed E-state index contributed by atoms with van der Waals surface area (Å²) in [5, 5.41) is 3.46. The molecule has 31 heavy (non-hydrogen) atoms. The summed E-state index contributed by atoms with van der Waals surface area (Å²) in [6.45, 7) is 4.08. The number of hydrogen-bond donors (Lipinski definition) is 1. The molecule has 1 N–H and O–H groups in total. The van der Waals surface area contributed by atoms with E-state index in [0.29, 0.717) is 0 Å². The van der Waals surface area contributed by atoms with Gasteiger partial charge in [-0.25, -0.2) is 9.97 Å². The lowest BCUT2D eigenvalue weighted by Gasteiger charge is -2.28. The van der Waals surface area contributed by atoms with Gasteiger partial charge in [0.1, 0.15) is 5.82 Å². The van der Waals surface area contributed by atoms with Gasteiger partial charge in [0.25, 0.3) is 0 Å². The Kier molecular flexibility index (Phi) is 4.39. The molecular formula is C24H22N6O. The Morgan fingerprint density at radius 2 is 1.90 bits per heavy atom. The summed E-state index contributed by atoms with van der Waals surface area (Å²) in [5.41, 5.74) is 7.66. The van der Waals surface area contributed by atoms with Crippen LogP contribution in [0.1, 0.15) is 11.1 Å². The number of ether oxygens (including phenoxy) is 1. The van der Waals surface area contributed by atoms with Crippen molar-refractivity contribution in [3.8, 4) is 11.1 Å². The molecule has 3 aromatic heterocycles. The van der Waals surface area contributed by atoms with E-state index in [1.807, 2.05) is 35.3 Å². The van der Waals surface area contributed by atoms with E-state index in [1.54, 1.807) is 0 Å². The number of aliphatic imine (C=N–C) groups is 1. The lowest BCUT2D eigenvalue weighted by atomic mass is 10.0. The van der Waals surface area contributed by atoms with Crippen LogP contribution in [0.2, 0.25) is 0 Å². The second-order valence-electron chi connectivity index (χ2n) is 7.81. The van der Waals surface area contributed by atoms with Gasteiger partial charge in [0, 0.05) is 43.5 Å². The molecular weight excluding hydrogens is 388 g/mol. The first-order chi connectivity index (χ1) is 15.3. The molecule has 1 fully saturated rings. The van der Waals surface area contributed by atoms with Crippen molar-refractivity contribution in [2.45, 2.75) is 6.54 Å². The van der Waals surface area contributed by atoms with E-state index >= 15 is 0 Å². The number of hydrogen-bond acceptors (Lipinski definition) is 6. The number of nitrogens with zero attached hydrogens (tertiary/aromatic N) is 5. The van der Waals surface area contributed by atoms with Gasteiger partial charge < -0.3 is 19.4 Å². The molecule has 1 saturated heterocycles. The fraction of sp³-hybridized carbons (Fsp3) is 0.208. The fourth-order valence-corrected chi connectivity index (χ4v) is 4.18. The first-order valence-corrected chi connectivity index (χ1v) is 10.5. The van der Waals surface area contributed by atoms with Crippen LogP contribution in [0.25, 0.3) is 16.8 Å². The summed E-state index contributed by atoms with van der Waals surface area (Å²) in [4.78, 5) is 15.8. The van der Waals surface area contributed by atoms with Crippen molar-refractivity contribution < 1.29 is 4.74 Å². The molecule has 2 aliphatic rings. The second kappa shape index (κ2) is 7.52. The number of nitrogens with one attached hydrogen (secondary N) is 1. The van der Waals surface area contributed by atoms with Gasteiger partial charge in [0.2, 0.25) is 0 Å². The van der Waals surface area contributed by atoms with Gasteiger partial charge in [-0.2, -0.15) is 0 Å². The normalized spacial score (nSPS) is 15.4. The molecule has 1 aromatic carbocycles. The smallest absolute Gasteiger partial charge is 0.160 e. The van der Waals surface area contributed by atoms with E-state index in [0.717, 1.165) is 61.3 Å². The molecule has 7 nitrogen and oxygen atoms in total. The van der Waals surface area contributed by atoms with Crippen LogP contribution in [0.3, 0.4) is 0 Å². The third kappa shape index (κ3) is 3.43. The molecule has 154 valence electrons. The molecule has 0 radical (unpaired) electrons. The average molecular weight is 410 g/mol. The summed E-state index contributed by atoms with van der Waals surface area (Å²) in [6.07, 6.45) is 9.75. The molecule has 0 amide bonds. The van der Waals surface area contributed by atoms with Crippen molar-refractivity contribution >= 4 is 29.1 Å². The van der Waals surface area contributed by atoms with E-state index in [1.165, 1.54) is 16.7 Å². The number of benzene rings is 1. The Labute approximate surface area is 180 Å². The zero-order valence-corrected chi connectivity index (χ0v) is 17.0. The Morgan fingerprint density at radius 3 is 2.77 bits per heavy atom. The summed E-state index contributed by atoms with van der Waals surface area (Å²) >= 11 is 0. The minimum atomic E-state index is 0.751. The van der Waals surface area contributed by atoms with Gasteiger partial charge in [-0.15, -0.1) is 0 Å². The molecule has 0 atom stereocenters. The molecule has 0 saturated carbocycles. The van der Waals surface area contributed by atoms with Crippen LogP contribution in [-0.4, -0.2) is 46.9 Å². The number of pyridine rings is 2. The Morgan fingerprint density at radius 1 is 0.968 bits per heavy atom. The van der Waals surface area contributed by atoms with Gasteiger partial charge in [-0.3, -0.25) is 4.99 Å². The van der Waals surface area contributed by atoms with E-state index in [2.05, 4.69) is 61.7 Å². The zero-order chi connectivity index (χ0) is 20.6. The van der Waals surface area contributed by atoms with Gasteiger partial charge in [-0.05, 0) is 41.0 Å². The van der Waals surface area contributed by atoms with Gasteiger partial charge in [0.05, 0.1) is 37.3 Å². The van der Waals surface area contributed by atoms with Crippen LogP contribution in [0.15, 0.2) is 66.2 Å². The number of morpholine rings is 1. The van der Waals surface area contributed by atoms with Crippen molar-refractivity contribution in [1.82, 2.24) is 14.4 Å². The van der Waals surface area contributed by atoms with Crippen LogP contribution in [0, 0.1) is 0 Å². The minimum Gasteiger partial charge on any atom is -0.378 e. The summed E-state index contributed by atoms with van der Waals surface area (Å²) in [6, 6.07) is 12.8. The van der Waals surface area contributed by atoms with Gasteiger partial charge in [-0.1, -0.05) is 12.1 Å². The van der Waals surface area contributed by atoms with Crippen LogP contribution in [-0.2, 0) is 11.3 Å². The summed E-state index contributed by atoms with van der Waals surface area (Å²) in [5.74, 6) is 0.793. The molecule has 2 aliphatic heterocycles. The molecule has 0 unspecified atom stereocenters. The van der Waals surface area contributed by atoms with Crippen molar-refractivity contribution in [2.24, 2.45) is 4.99 Å². The second-order valence-corrected chi connectivity index (χ2v) is 7.81. The van der Waals surface area contributed by atoms with Gasteiger partial charge in [0.15, 0.2) is 5.65 Å². The standard InChI is InChI=1S/C24H22N6O/c1-2-18-13-25-14-19(18)11-17(1)20-12-22(24-26-5-6-30(24)16-20)28-23-4-3-21(15-27-23)29-7-9-31-10-8-29/h1-6,11-13,15-16H,7-10,14H2,(H,27,28). The largest absolute Gasteiger partial charge is 0.378 e. The van der Waals surface area contributed by atoms with Crippen LogP contribution in [0.4, 0.5) is 17.2 Å². The number of imidazole rings is 1. The maximum absolute atomic E-state index is 5.44. The number of rotatable bonds is 4. The lowest BCUT2D eigenvalue weighted by molar-refractivity contribution is 0.122. The van der Waals surface area contributed by atoms with Crippen molar-refractivity contribution in [3.05, 3.63) is 72.3 Å². The fourth-order valence-electron chi connectivity index (χ4n) is 4.18. The highest BCUT2D eigenvalue weighted by atomic mass is 16.5. The highest BCUT2D eigenvalue weighted by Crippen LogP contribution is 2.30. The molecule has 0 bridgehead atoms. The zero-order valence-electron chi connectivity index (χ0n) is 17.0. The number of fused-ring (bicyclic) bond motifs is 2.